The fourth-order valence-electron chi connectivity index (χ4n) is 10.4. The number of carboxylic acid groups (broad SMARTS) is 1. The molecule has 2 heterocycles. The highest BCUT2D eigenvalue weighted by Gasteiger charge is 2.37. The summed E-state index contributed by atoms with van der Waals surface area (Å²) in [6, 6.07) is 12.4. The molecule has 2 fully saturated rings. The molecule has 0 bridgehead atoms. The number of carbonyl (C=O) groups excluding carboxylic acids is 2. The lowest BCUT2D eigenvalue weighted by atomic mass is 9.78. The van der Waals surface area contributed by atoms with Gasteiger partial charge in [0.25, 0.3) is 0 Å². The van der Waals surface area contributed by atoms with Crippen molar-refractivity contribution >= 4 is 46.4 Å². The van der Waals surface area contributed by atoms with Gasteiger partial charge in [0.1, 0.15) is 5.01 Å². The molecule has 5 atom stereocenters. The summed E-state index contributed by atoms with van der Waals surface area (Å²) >= 11 is 8.84. The smallest absolute Gasteiger partial charge is 0.306 e. The Morgan fingerprint density at radius 2 is 1.59 bits per heavy atom. The molecule has 2 aromatic carbocycles. The molecular formula is C48H63ClN4O4S. The van der Waals surface area contributed by atoms with Crippen LogP contribution < -0.4 is 5.32 Å². The number of hydrogen-bond donors (Lipinski definition) is 2. The second kappa shape index (κ2) is 18.4. The standard InChI is InChI=1S/C48H63ClN4O4S/c1-28(2)52(6)27-43(54)53-25-41-42(26-53)58-47(51-41)38-10-7-9-37(31(38)5)39-11-8-12-40(45(39)49)50-46(55)44-29(3)23-35-21-17-33(18-22-36(35)24-30(44)4)14-13-32-15-19-34(20-16-32)48(56)57/h7-12,23,28,30,32-36,44H,13-22,24-27H2,1-6H3,(H,50,55)(H,56,57). The number of hydrogen-bond acceptors (Lipinski definition) is 6. The van der Waals surface area contributed by atoms with Crippen molar-refractivity contribution in [3.63, 3.8) is 0 Å². The van der Waals surface area contributed by atoms with Gasteiger partial charge in [-0.25, -0.2) is 4.98 Å². The lowest BCUT2D eigenvalue weighted by Gasteiger charge is -2.27. The molecule has 0 saturated heterocycles. The maximum Gasteiger partial charge on any atom is 0.306 e. The summed E-state index contributed by atoms with van der Waals surface area (Å²) in [6.45, 7) is 12.2. The Kier molecular flexibility index (Phi) is 13.5. The third-order valence-electron chi connectivity index (χ3n) is 14.3. The fraction of sp³-hybridized carbons (Fsp3) is 0.583. The first kappa shape index (κ1) is 42.6. The zero-order valence-electron chi connectivity index (χ0n) is 35.4. The third kappa shape index (κ3) is 9.42. The van der Waals surface area contributed by atoms with E-state index in [4.69, 9.17) is 16.6 Å². The van der Waals surface area contributed by atoms with Crippen molar-refractivity contribution in [2.75, 3.05) is 18.9 Å². The first-order valence-corrected chi connectivity index (χ1v) is 23.0. The van der Waals surface area contributed by atoms with Gasteiger partial charge in [0.05, 0.1) is 47.9 Å². The first-order chi connectivity index (χ1) is 27.8. The number of aliphatic carboxylic acids is 1. The Hall–Kier alpha value is -3.53. The molecule has 1 aliphatic heterocycles. The minimum atomic E-state index is -0.616. The van der Waals surface area contributed by atoms with Crippen molar-refractivity contribution in [3.8, 4) is 21.7 Å². The number of allylic oxidation sites excluding steroid dienone is 1. The number of likely N-dealkylation sites (N-methyl/N-ethyl adjacent to an activating group) is 1. The van der Waals surface area contributed by atoms with Gasteiger partial charge in [-0.1, -0.05) is 79.8 Å². The summed E-state index contributed by atoms with van der Waals surface area (Å²) in [5, 5.41) is 14.1. The Bertz CT molecular complexity index is 1990. The van der Waals surface area contributed by atoms with E-state index in [-0.39, 0.29) is 29.6 Å². The lowest BCUT2D eigenvalue weighted by Crippen LogP contribution is -2.38. The molecule has 2 amide bonds. The summed E-state index contributed by atoms with van der Waals surface area (Å²) in [6.07, 6.45) is 14.7. The summed E-state index contributed by atoms with van der Waals surface area (Å²) in [5.41, 5.74) is 6.79. The van der Waals surface area contributed by atoms with E-state index in [0.29, 0.717) is 54.1 Å². The lowest BCUT2D eigenvalue weighted by molar-refractivity contribution is -0.143. The highest BCUT2D eigenvalue weighted by molar-refractivity contribution is 7.15. The highest BCUT2D eigenvalue weighted by atomic mass is 35.5. The van der Waals surface area contributed by atoms with Crippen LogP contribution in [0.25, 0.3) is 21.7 Å². The molecule has 4 aliphatic rings. The van der Waals surface area contributed by atoms with Crippen LogP contribution in [0.4, 0.5) is 5.69 Å². The number of nitrogens with zero attached hydrogens (tertiary/aromatic N) is 3. The minimum absolute atomic E-state index is 0.0124. The summed E-state index contributed by atoms with van der Waals surface area (Å²) < 4.78 is 0. The Morgan fingerprint density at radius 1 is 0.931 bits per heavy atom. The van der Waals surface area contributed by atoms with Crippen molar-refractivity contribution in [1.82, 2.24) is 14.8 Å². The SMILES string of the molecule is CC1=CC2CCC(CCC3CCC(C(=O)O)CC3)CCC2CC(C)C1C(=O)Nc1cccc(-c2cccc(-c3nc4c(s3)CN(C(=O)CN(C)C(C)C)C4)c2C)c1Cl. The van der Waals surface area contributed by atoms with Crippen molar-refractivity contribution in [2.24, 2.45) is 41.4 Å². The number of amides is 2. The molecule has 2 N–H and O–H groups in total. The van der Waals surface area contributed by atoms with E-state index in [1.165, 1.54) is 44.1 Å². The van der Waals surface area contributed by atoms with Gasteiger partial charge >= 0.3 is 5.97 Å². The second-order valence-corrected chi connectivity index (χ2v) is 19.9. The summed E-state index contributed by atoms with van der Waals surface area (Å²) in [5.74, 6) is 1.95. The van der Waals surface area contributed by atoms with E-state index in [1.54, 1.807) is 11.3 Å². The number of benzene rings is 2. The number of halogens is 1. The quantitative estimate of drug-likeness (QED) is 0.187. The highest BCUT2D eigenvalue weighted by Crippen LogP contribution is 2.46. The van der Waals surface area contributed by atoms with Crippen molar-refractivity contribution in [1.29, 1.82) is 0 Å². The van der Waals surface area contributed by atoms with Gasteiger partial charge in [0.2, 0.25) is 11.8 Å². The number of nitrogens with one attached hydrogen (secondary N) is 1. The van der Waals surface area contributed by atoms with Crippen LogP contribution in [0.5, 0.6) is 0 Å². The maximum absolute atomic E-state index is 14.2. The molecule has 58 heavy (non-hydrogen) atoms. The van der Waals surface area contributed by atoms with E-state index < -0.39 is 5.97 Å². The van der Waals surface area contributed by atoms with E-state index in [1.807, 2.05) is 36.2 Å². The van der Waals surface area contributed by atoms with Crippen LogP contribution in [-0.4, -0.2) is 57.3 Å². The predicted molar refractivity (Wildman–Crippen MR) is 236 cm³/mol. The predicted octanol–water partition coefficient (Wildman–Crippen LogP) is 11.3. The molecule has 5 unspecified atom stereocenters. The maximum atomic E-state index is 14.2. The number of aromatic nitrogens is 1. The van der Waals surface area contributed by atoms with E-state index >= 15 is 0 Å². The van der Waals surface area contributed by atoms with Gasteiger partial charge in [-0.3, -0.25) is 19.3 Å². The Balaban J connectivity index is 0.989. The van der Waals surface area contributed by atoms with Gasteiger partial charge < -0.3 is 15.3 Å². The average molecular weight is 828 g/mol. The number of anilines is 1. The van der Waals surface area contributed by atoms with Gasteiger partial charge in [-0.2, -0.15) is 0 Å². The van der Waals surface area contributed by atoms with Crippen LogP contribution in [0.1, 0.15) is 114 Å². The second-order valence-electron chi connectivity index (χ2n) is 18.5. The molecule has 3 aromatic rings. The molecule has 2 saturated carbocycles. The molecule has 10 heteroatoms. The number of fused-ring (bicyclic) bond motifs is 2. The molecule has 312 valence electrons. The Morgan fingerprint density at radius 3 is 2.28 bits per heavy atom. The molecule has 7 rings (SSSR count). The van der Waals surface area contributed by atoms with Crippen LogP contribution in [0, 0.1) is 48.3 Å². The number of carbonyl (C=O) groups is 3. The van der Waals surface area contributed by atoms with Crippen molar-refractivity contribution in [2.45, 2.75) is 124 Å². The largest absolute Gasteiger partial charge is 0.481 e. The van der Waals surface area contributed by atoms with Gasteiger partial charge in [0.15, 0.2) is 0 Å². The van der Waals surface area contributed by atoms with E-state index in [9.17, 15) is 19.5 Å². The van der Waals surface area contributed by atoms with Crippen molar-refractivity contribution in [3.05, 3.63) is 69.2 Å². The van der Waals surface area contributed by atoms with Crippen LogP contribution in [0.15, 0.2) is 48.0 Å². The van der Waals surface area contributed by atoms with E-state index in [0.717, 1.165) is 75.9 Å². The molecule has 1 aromatic heterocycles. The van der Waals surface area contributed by atoms with Gasteiger partial charge in [-0.15, -0.1) is 11.3 Å². The molecule has 3 aliphatic carbocycles. The van der Waals surface area contributed by atoms with Gasteiger partial charge in [-0.05, 0) is 133 Å². The van der Waals surface area contributed by atoms with E-state index in [2.05, 4.69) is 63.0 Å². The molecular weight excluding hydrogens is 764 g/mol. The first-order valence-electron chi connectivity index (χ1n) is 21.8. The fourth-order valence-corrected chi connectivity index (χ4v) is 11.9. The number of thiazole rings is 1. The van der Waals surface area contributed by atoms with Gasteiger partial charge in [0, 0.05) is 22.0 Å². The normalized spacial score (nSPS) is 26.1. The molecule has 0 spiro atoms. The number of carboxylic acids is 1. The topological polar surface area (TPSA) is 103 Å². The minimum Gasteiger partial charge on any atom is -0.481 e. The summed E-state index contributed by atoms with van der Waals surface area (Å²) in [7, 11) is 1.98. The Labute approximate surface area is 354 Å². The van der Waals surface area contributed by atoms with Crippen molar-refractivity contribution < 1.29 is 19.5 Å². The zero-order valence-corrected chi connectivity index (χ0v) is 36.9. The monoisotopic (exact) mass is 826 g/mol. The van der Waals surface area contributed by atoms with Crippen LogP contribution in [-0.2, 0) is 27.5 Å². The number of rotatable bonds is 11. The van der Waals surface area contributed by atoms with Crippen LogP contribution in [0.3, 0.4) is 0 Å². The molecule has 0 radical (unpaired) electrons. The van der Waals surface area contributed by atoms with Crippen LogP contribution in [0.2, 0.25) is 5.02 Å². The van der Waals surface area contributed by atoms with Crippen LogP contribution >= 0.6 is 22.9 Å². The summed E-state index contributed by atoms with van der Waals surface area (Å²) in [4.78, 5) is 48.7. The third-order valence-corrected chi connectivity index (χ3v) is 15.8. The average Bonchev–Trinajstić information content (AvgIpc) is 3.68. The molecule has 8 nitrogen and oxygen atoms in total. The zero-order chi connectivity index (χ0) is 41.2.